The van der Waals surface area contributed by atoms with Crippen molar-refractivity contribution in [1.82, 2.24) is 0 Å². The van der Waals surface area contributed by atoms with Crippen LogP contribution >= 0.6 is 31.9 Å². The van der Waals surface area contributed by atoms with Crippen LogP contribution < -0.4 is 0 Å². The molecule has 120 valence electrons. The number of carbonyl (C=O) groups is 2. The van der Waals surface area contributed by atoms with Gasteiger partial charge in [-0.25, -0.2) is 0 Å². The van der Waals surface area contributed by atoms with E-state index >= 15 is 0 Å². The van der Waals surface area contributed by atoms with Gasteiger partial charge in [-0.3, -0.25) is 9.59 Å². The van der Waals surface area contributed by atoms with E-state index in [-0.39, 0.29) is 15.4 Å². The molecule has 0 aromatic heterocycles. The molecule has 0 aliphatic carbocycles. The zero-order chi connectivity index (χ0) is 16.7. The molecule has 22 heavy (non-hydrogen) atoms. The lowest BCUT2D eigenvalue weighted by Gasteiger charge is -2.45. The Morgan fingerprint density at radius 3 is 2.14 bits per heavy atom. The van der Waals surface area contributed by atoms with Gasteiger partial charge in [0.2, 0.25) is 0 Å². The molecular formula is C17H20Br2O3. The summed E-state index contributed by atoms with van der Waals surface area (Å²) in [7, 11) is 0. The number of Topliss-reactive ketones (excluding diaryl/α,β-unsaturated/α-hetero) is 1. The van der Waals surface area contributed by atoms with Gasteiger partial charge in [0.1, 0.15) is 11.5 Å². The molecule has 1 saturated heterocycles. The Balaban J connectivity index is 2.31. The van der Waals surface area contributed by atoms with Crippen LogP contribution in [0.1, 0.15) is 38.1 Å². The zero-order valence-corrected chi connectivity index (χ0v) is 16.3. The number of esters is 1. The molecule has 0 N–H and O–H groups in total. The van der Waals surface area contributed by atoms with E-state index in [1.807, 2.05) is 44.2 Å². The van der Waals surface area contributed by atoms with E-state index in [4.69, 9.17) is 4.74 Å². The predicted octanol–water partition coefficient (Wildman–Crippen LogP) is 4.43. The number of ketones is 1. The predicted molar refractivity (Wildman–Crippen MR) is 93.3 cm³/mol. The maximum Gasteiger partial charge on any atom is 0.319 e. The Kier molecular flexibility index (Phi) is 4.88. The number of cyclic esters (lactones) is 1. The third-order valence-electron chi connectivity index (χ3n) is 4.30. The fourth-order valence-corrected chi connectivity index (χ4v) is 4.53. The van der Waals surface area contributed by atoms with Gasteiger partial charge in [0.25, 0.3) is 0 Å². The summed E-state index contributed by atoms with van der Waals surface area (Å²) in [4.78, 5) is 24.6. The van der Waals surface area contributed by atoms with Gasteiger partial charge in [-0.15, -0.1) is 0 Å². The molecule has 1 aromatic rings. The van der Waals surface area contributed by atoms with Crippen molar-refractivity contribution in [3.05, 3.63) is 35.9 Å². The third-order valence-corrected chi connectivity index (χ3v) is 7.11. The molecule has 1 heterocycles. The first-order chi connectivity index (χ1) is 10.1. The molecule has 3 atom stereocenters. The van der Waals surface area contributed by atoms with Crippen molar-refractivity contribution in [3.8, 4) is 0 Å². The van der Waals surface area contributed by atoms with Gasteiger partial charge in [0.15, 0.2) is 5.78 Å². The lowest BCUT2D eigenvalue weighted by atomic mass is 9.67. The first-order valence-electron chi connectivity index (χ1n) is 7.19. The Bertz CT molecular complexity index is 581. The minimum Gasteiger partial charge on any atom is -0.459 e. The molecule has 0 radical (unpaired) electrons. The van der Waals surface area contributed by atoms with E-state index in [0.717, 1.165) is 5.56 Å². The van der Waals surface area contributed by atoms with Crippen molar-refractivity contribution in [2.45, 2.75) is 43.5 Å². The largest absolute Gasteiger partial charge is 0.459 e. The lowest BCUT2D eigenvalue weighted by Crippen LogP contribution is -2.58. The summed E-state index contributed by atoms with van der Waals surface area (Å²) >= 11 is 7.29. The number of halogens is 2. The number of carbonyl (C=O) groups excluding carboxylic acids is 2. The molecule has 0 saturated carbocycles. The van der Waals surface area contributed by atoms with Crippen LogP contribution in [0.3, 0.4) is 0 Å². The van der Waals surface area contributed by atoms with Crippen LogP contribution in [0.2, 0.25) is 0 Å². The minimum atomic E-state index is -1.10. The summed E-state index contributed by atoms with van der Waals surface area (Å²) < 4.78 is 5.66. The summed E-state index contributed by atoms with van der Waals surface area (Å²) in [6.45, 7) is 6.93. The normalized spacial score (nSPS) is 26.2. The SMILES string of the molecule is CC1(C)C(=O)OC(C(Br)C(Br)c2ccccc2)C(C)(C)C1=O. The zero-order valence-electron chi connectivity index (χ0n) is 13.1. The molecule has 1 fully saturated rings. The topological polar surface area (TPSA) is 43.4 Å². The first-order valence-corrected chi connectivity index (χ1v) is 9.02. The highest BCUT2D eigenvalue weighted by atomic mass is 79.9. The molecule has 3 nitrogen and oxygen atoms in total. The van der Waals surface area contributed by atoms with E-state index in [0.29, 0.717) is 0 Å². The van der Waals surface area contributed by atoms with Crippen LogP contribution in [0, 0.1) is 10.8 Å². The van der Waals surface area contributed by atoms with E-state index < -0.39 is 22.9 Å². The van der Waals surface area contributed by atoms with E-state index in [2.05, 4.69) is 31.9 Å². The van der Waals surface area contributed by atoms with E-state index in [9.17, 15) is 9.59 Å². The van der Waals surface area contributed by atoms with Crippen LogP contribution in [-0.2, 0) is 14.3 Å². The van der Waals surface area contributed by atoms with Crippen LogP contribution in [0.5, 0.6) is 0 Å². The van der Waals surface area contributed by atoms with Crippen molar-refractivity contribution in [2.24, 2.45) is 10.8 Å². The van der Waals surface area contributed by atoms with Gasteiger partial charge in [0.05, 0.1) is 15.1 Å². The monoisotopic (exact) mass is 430 g/mol. The highest BCUT2D eigenvalue weighted by molar-refractivity contribution is 9.12. The van der Waals surface area contributed by atoms with E-state index in [1.165, 1.54) is 0 Å². The summed E-state index contributed by atoms with van der Waals surface area (Å²) in [5, 5.41) is 0. The smallest absolute Gasteiger partial charge is 0.319 e. The van der Waals surface area contributed by atoms with Gasteiger partial charge < -0.3 is 4.74 Å². The van der Waals surface area contributed by atoms with Crippen molar-refractivity contribution in [2.75, 3.05) is 0 Å². The number of hydrogen-bond acceptors (Lipinski definition) is 3. The van der Waals surface area contributed by atoms with Gasteiger partial charge in [0, 0.05) is 0 Å². The molecule has 5 heteroatoms. The summed E-state index contributed by atoms with van der Waals surface area (Å²) in [6.07, 6.45) is -0.537. The molecule has 0 amide bonds. The molecule has 1 aliphatic heterocycles. The second kappa shape index (κ2) is 6.08. The van der Waals surface area contributed by atoms with Crippen molar-refractivity contribution in [1.29, 1.82) is 0 Å². The Morgan fingerprint density at radius 2 is 1.59 bits per heavy atom. The molecule has 0 bridgehead atoms. The summed E-state index contributed by atoms with van der Waals surface area (Å²) in [6, 6.07) is 9.85. The standard InChI is InChI=1S/C17H20Br2O3/c1-16(2)13(22-15(21)17(3,4)14(16)20)12(19)11(18)10-8-6-5-7-9-10/h5-9,11-13H,1-4H3. The highest BCUT2D eigenvalue weighted by Gasteiger charge is 2.57. The van der Waals surface area contributed by atoms with Gasteiger partial charge in [-0.1, -0.05) is 62.2 Å². The van der Waals surface area contributed by atoms with Gasteiger partial charge >= 0.3 is 5.97 Å². The first kappa shape index (κ1) is 17.7. The Hall–Kier alpha value is -0.680. The average molecular weight is 432 g/mol. The highest BCUT2D eigenvalue weighted by Crippen LogP contribution is 2.46. The maximum atomic E-state index is 12.7. The summed E-state index contributed by atoms with van der Waals surface area (Å²) in [5.74, 6) is -0.544. The molecular weight excluding hydrogens is 412 g/mol. The Labute approximate surface area is 148 Å². The fraction of sp³-hybridized carbons (Fsp3) is 0.529. The average Bonchev–Trinajstić information content (AvgIpc) is 2.49. The van der Waals surface area contributed by atoms with Crippen LogP contribution in [0.15, 0.2) is 30.3 Å². The van der Waals surface area contributed by atoms with E-state index in [1.54, 1.807) is 13.8 Å². The quantitative estimate of drug-likeness (QED) is 0.403. The van der Waals surface area contributed by atoms with Crippen LogP contribution in [0.25, 0.3) is 0 Å². The second-order valence-electron chi connectivity index (χ2n) is 6.76. The van der Waals surface area contributed by atoms with Gasteiger partial charge in [-0.05, 0) is 33.3 Å². The fourth-order valence-electron chi connectivity index (χ4n) is 2.87. The number of benzene rings is 1. The van der Waals surface area contributed by atoms with Crippen molar-refractivity contribution in [3.63, 3.8) is 0 Å². The van der Waals surface area contributed by atoms with Gasteiger partial charge in [-0.2, -0.15) is 0 Å². The number of alkyl halides is 2. The molecule has 0 spiro atoms. The van der Waals surface area contributed by atoms with Crippen LogP contribution in [-0.4, -0.2) is 22.7 Å². The number of hydrogen-bond donors (Lipinski definition) is 0. The Morgan fingerprint density at radius 1 is 1.05 bits per heavy atom. The minimum absolute atomic E-state index is 0.0696. The lowest BCUT2D eigenvalue weighted by molar-refractivity contribution is -0.185. The molecule has 1 aromatic carbocycles. The third kappa shape index (κ3) is 2.90. The second-order valence-corrected chi connectivity index (χ2v) is 8.80. The molecule has 2 rings (SSSR count). The number of rotatable bonds is 3. The number of ether oxygens (including phenoxy) is 1. The molecule has 3 unspecified atom stereocenters. The van der Waals surface area contributed by atoms with Crippen molar-refractivity contribution >= 4 is 43.6 Å². The summed E-state index contributed by atoms with van der Waals surface area (Å²) in [5.41, 5.74) is -0.790. The van der Waals surface area contributed by atoms with Crippen LogP contribution in [0.4, 0.5) is 0 Å². The molecule has 1 aliphatic rings. The van der Waals surface area contributed by atoms with Crippen molar-refractivity contribution < 1.29 is 14.3 Å². The maximum absolute atomic E-state index is 12.7.